The van der Waals surface area contributed by atoms with Crippen molar-refractivity contribution in [2.75, 3.05) is 5.32 Å². The summed E-state index contributed by atoms with van der Waals surface area (Å²) in [7, 11) is 0. The lowest BCUT2D eigenvalue weighted by atomic mass is 10.0. The number of halogens is 2. The Kier molecular flexibility index (Phi) is 2.84. The van der Waals surface area contributed by atoms with Crippen LogP contribution >= 0.6 is 11.6 Å². The molecule has 0 saturated carbocycles. The SMILES string of the molecule is O=C1Nc2ccc(F)cc2/C1=C/c1ccccc1Cl. The third-order valence-electron chi connectivity index (χ3n) is 2.97. The highest BCUT2D eigenvalue weighted by Gasteiger charge is 2.24. The Morgan fingerprint density at radius 3 is 2.74 bits per heavy atom. The summed E-state index contributed by atoms with van der Waals surface area (Å²) in [5, 5.41) is 3.25. The second-order valence-electron chi connectivity index (χ2n) is 4.22. The van der Waals surface area contributed by atoms with E-state index in [2.05, 4.69) is 5.32 Å². The van der Waals surface area contributed by atoms with Gasteiger partial charge in [-0.1, -0.05) is 29.8 Å². The number of anilines is 1. The second kappa shape index (κ2) is 4.52. The largest absolute Gasteiger partial charge is 0.321 e. The molecule has 3 rings (SSSR count). The summed E-state index contributed by atoms with van der Waals surface area (Å²) < 4.78 is 13.3. The fraction of sp³-hybridized carbons (Fsp3) is 0. The Hall–Kier alpha value is -2.13. The predicted octanol–water partition coefficient (Wildman–Crippen LogP) is 3.97. The molecule has 0 unspecified atom stereocenters. The van der Waals surface area contributed by atoms with Crippen LogP contribution in [-0.4, -0.2) is 5.91 Å². The van der Waals surface area contributed by atoms with Gasteiger partial charge in [-0.2, -0.15) is 0 Å². The number of carbonyl (C=O) groups excluding carboxylic acids is 1. The van der Waals surface area contributed by atoms with E-state index in [4.69, 9.17) is 11.6 Å². The van der Waals surface area contributed by atoms with Crippen LogP contribution in [0.4, 0.5) is 10.1 Å². The van der Waals surface area contributed by atoms with Gasteiger partial charge in [0.25, 0.3) is 5.91 Å². The van der Waals surface area contributed by atoms with E-state index in [1.165, 1.54) is 12.1 Å². The molecule has 0 radical (unpaired) electrons. The fourth-order valence-electron chi connectivity index (χ4n) is 2.05. The first-order chi connectivity index (χ1) is 9.15. The first-order valence-electron chi connectivity index (χ1n) is 5.72. The third-order valence-corrected chi connectivity index (χ3v) is 3.31. The summed E-state index contributed by atoms with van der Waals surface area (Å²) >= 11 is 6.06. The zero-order chi connectivity index (χ0) is 13.4. The van der Waals surface area contributed by atoms with Crippen LogP contribution in [0, 0.1) is 5.82 Å². The number of hydrogen-bond donors (Lipinski definition) is 1. The van der Waals surface area contributed by atoms with Gasteiger partial charge in [0.1, 0.15) is 5.82 Å². The van der Waals surface area contributed by atoms with Gasteiger partial charge in [-0.25, -0.2) is 4.39 Å². The smallest absolute Gasteiger partial charge is 0.256 e. The Balaban J connectivity index is 2.14. The third kappa shape index (κ3) is 2.13. The van der Waals surface area contributed by atoms with E-state index in [1.807, 2.05) is 12.1 Å². The van der Waals surface area contributed by atoms with E-state index in [0.29, 0.717) is 21.8 Å². The van der Waals surface area contributed by atoms with E-state index < -0.39 is 0 Å². The minimum atomic E-state index is -0.375. The quantitative estimate of drug-likeness (QED) is 0.783. The lowest BCUT2D eigenvalue weighted by Gasteiger charge is -2.00. The summed E-state index contributed by atoms with van der Waals surface area (Å²) in [5.74, 6) is -0.624. The van der Waals surface area contributed by atoms with Crippen LogP contribution < -0.4 is 5.32 Å². The average molecular weight is 274 g/mol. The summed E-state index contributed by atoms with van der Waals surface area (Å²) in [5.41, 5.74) is 2.32. The lowest BCUT2D eigenvalue weighted by Crippen LogP contribution is -2.03. The summed E-state index contributed by atoms with van der Waals surface area (Å²) in [4.78, 5) is 11.9. The van der Waals surface area contributed by atoms with Gasteiger partial charge in [0.2, 0.25) is 0 Å². The fourth-order valence-corrected chi connectivity index (χ4v) is 2.24. The van der Waals surface area contributed by atoms with Gasteiger partial charge in [-0.05, 0) is 35.9 Å². The molecule has 0 spiro atoms. The van der Waals surface area contributed by atoms with Crippen molar-refractivity contribution >= 4 is 34.8 Å². The highest BCUT2D eigenvalue weighted by Crippen LogP contribution is 2.34. The normalized spacial score (nSPS) is 15.5. The molecule has 0 atom stereocenters. The number of amides is 1. The molecule has 0 saturated heterocycles. The van der Waals surface area contributed by atoms with Crippen molar-refractivity contribution in [3.05, 3.63) is 64.4 Å². The van der Waals surface area contributed by atoms with Crippen molar-refractivity contribution in [2.45, 2.75) is 0 Å². The van der Waals surface area contributed by atoms with Crippen molar-refractivity contribution in [3.63, 3.8) is 0 Å². The standard InChI is InChI=1S/C15H9ClFNO/c16-13-4-2-1-3-9(13)7-12-11-8-10(17)5-6-14(11)18-15(12)19/h1-8H,(H,18,19)/b12-7-. The molecule has 2 aromatic rings. The monoisotopic (exact) mass is 273 g/mol. The second-order valence-corrected chi connectivity index (χ2v) is 4.63. The molecule has 1 N–H and O–H groups in total. The maximum atomic E-state index is 13.3. The molecular formula is C15H9ClFNO. The van der Waals surface area contributed by atoms with Gasteiger partial charge in [-0.3, -0.25) is 4.79 Å². The Morgan fingerprint density at radius 2 is 1.95 bits per heavy atom. The van der Waals surface area contributed by atoms with Crippen LogP contribution in [0.15, 0.2) is 42.5 Å². The molecule has 2 aromatic carbocycles. The van der Waals surface area contributed by atoms with Crippen LogP contribution in [0.1, 0.15) is 11.1 Å². The molecule has 0 aromatic heterocycles. The van der Waals surface area contributed by atoms with E-state index in [0.717, 1.165) is 5.56 Å². The van der Waals surface area contributed by atoms with Gasteiger partial charge in [0.05, 0.1) is 0 Å². The average Bonchev–Trinajstić information content (AvgIpc) is 2.69. The van der Waals surface area contributed by atoms with Crippen molar-refractivity contribution in [1.29, 1.82) is 0 Å². The summed E-state index contributed by atoms with van der Waals surface area (Å²) in [6, 6.07) is 11.4. The molecule has 19 heavy (non-hydrogen) atoms. The topological polar surface area (TPSA) is 29.1 Å². The van der Waals surface area contributed by atoms with E-state index in [9.17, 15) is 9.18 Å². The highest BCUT2D eigenvalue weighted by molar-refractivity contribution is 6.37. The van der Waals surface area contributed by atoms with Crippen LogP contribution in [0.25, 0.3) is 11.6 Å². The minimum absolute atomic E-state index is 0.250. The first-order valence-corrected chi connectivity index (χ1v) is 6.10. The number of rotatable bonds is 1. The summed E-state index contributed by atoms with van der Waals surface area (Å²) in [6.07, 6.45) is 1.67. The van der Waals surface area contributed by atoms with Crippen molar-refractivity contribution in [2.24, 2.45) is 0 Å². The van der Waals surface area contributed by atoms with Gasteiger partial charge >= 0.3 is 0 Å². The molecule has 1 amide bonds. The highest BCUT2D eigenvalue weighted by atomic mass is 35.5. The minimum Gasteiger partial charge on any atom is -0.321 e. The Morgan fingerprint density at radius 1 is 1.16 bits per heavy atom. The Bertz CT molecular complexity index is 709. The Labute approximate surface area is 114 Å². The van der Waals surface area contributed by atoms with E-state index >= 15 is 0 Å². The number of fused-ring (bicyclic) bond motifs is 1. The van der Waals surface area contributed by atoms with Crippen molar-refractivity contribution in [1.82, 2.24) is 0 Å². The number of nitrogens with one attached hydrogen (secondary N) is 1. The van der Waals surface area contributed by atoms with Crippen LogP contribution in [0.3, 0.4) is 0 Å². The maximum absolute atomic E-state index is 13.3. The zero-order valence-corrected chi connectivity index (χ0v) is 10.5. The number of hydrogen-bond acceptors (Lipinski definition) is 1. The molecule has 0 bridgehead atoms. The van der Waals surface area contributed by atoms with Gasteiger partial charge in [-0.15, -0.1) is 0 Å². The van der Waals surface area contributed by atoms with Gasteiger partial charge in [0.15, 0.2) is 0 Å². The molecular weight excluding hydrogens is 265 g/mol. The van der Waals surface area contributed by atoms with E-state index in [1.54, 1.807) is 24.3 Å². The zero-order valence-electron chi connectivity index (χ0n) is 9.78. The number of carbonyl (C=O) groups is 1. The molecule has 94 valence electrons. The predicted molar refractivity (Wildman–Crippen MR) is 74.4 cm³/mol. The molecule has 1 aliphatic heterocycles. The molecule has 0 fully saturated rings. The van der Waals surface area contributed by atoms with Gasteiger partial charge in [0, 0.05) is 21.8 Å². The van der Waals surface area contributed by atoms with Gasteiger partial charge < -0.3 is 5.32 Å². The summed E-state index contributed by atoms with van der Waals surface area (Å²) in [6.45, 7) is 0. The van der Waals surface area contributed by atoms with Crippen molar-refractivity contribution < 1.29 is 9.18 Å². The molecule has 1 aliphatic rings. The van der Waals surface area contributed by atoms with E-state index in [-0.39, 0.29) is 11.7 Å². The molecule has 0 aliphatic carbocycles. The maximum Gasteiger partial charge on any atom is 0.256 e. The van der Waals surface area contributed by atoms with Crippen LogP contribution in [0.5, 0.6) is 0 Å². The van der Waals surface area contributed by atoms with Crippen LogP contribution in [0.2, 0.25) is 5.02 Å². The van der Waals surface area contributed by atoms with Crippen LogP contribution in [-0.2, 0) is 4.79 Å². The molecule has 2 nitrogen and oxygen atoms in total. The molecule has 1 heterocycles. The first kappa shape index (κ1) is 11.9. The lowest BCUT2D eigenvalue weighted by molar-refractivity contribution is -0.110. The number of benzene rings is 2. The van der Waals surface area contributed by atoms with Crippen molar-refractivity contribution in [3.8, 4) is 0 Å². The molecule has 4 heteroatoms.